The molecule has 0 radical (unpaired) electrons. The number of carbonyl (C=O) groups excluding carboxylic acids is 1. The monoisotopic (exact) mass is 193 g/mol. The Morgan fingerprint density at radius 2 is 2.14 bits per heavy atom. The highest BCUT2D eigenvalue weighted by molar-refractivity contribution is 5.89. The van der Waals surface area contributed by atoms with Gasteiger partial charge in [-0.25, -0.2) is 4.79 Å². The zero-order valence-corrected chi connectivity index (χ0v) is 8.70. The first-order chi connectivity index (χ1) is 6.56. The van der Waals surface area contributed by atoms with Crippen LogP contribution in [0.5, 0.6) is 0 Å². The smallest absolute Gasteiger partial charge is 0.337 e. The van der Waals surface area contributed by atoms with Gasteiger partial charge in [-0.05, 0) is 37.1 Å². The third-order valence-corrected chi connectivity index (χ3v) is 2.18. The third kappa shape index (κ3) is 2.12. The highest BCUT2D eigenvalue weighted by atomic mass is 16.5. The summed E-state index contributed by atoms with van der Waals surface area (Å²) in [6, 6.07) is 5.38. The zero-order chi connectivity index (χ0) is 10.7. The normalized spacial score (nSPS) is 12.3. The molecule has 0 saturated carbocycles. The molecule has 0 aromatic heterocycles. The Bertz CT molecular complexity index is 345. The highest BCUT2D eigenvalue weighted by Gasteiger charge is 2.09. The largest absolute Gasteiger partial charge is 0.465 e. The van der Waals surface area contributed by atoms with Gasteiger partial charge in [-0.2, -0.15) is 0 Å². The summed E-state index contributed by atoms with van der Waals surface area (Å²) >= 11 is 0. The van der Waals surface area contributed by atoms with E-state index in [1.807, 2.05) is 19.9 Å². The molecule has 0 bridgehead atoms. The predicted molar refractivity (Wildman–Crippen MR) is 55.1 cm³/mol. The van der Waals surface area contributed by atoms with E-state index in [2.05, 4.69) is 4.74 Å². The van der Waals surface area contributed by atoms with Crippen LogP contribution in [0.3, 0.4) is 0 Å². The number of esters is 1. The number of benzene rings is 1. The average molecular weight is 193 g/mol. The van der Waals surface area contributed by atoms with E-state index in [1.165, 1.54) is 7.11 Å². The van der Waals surface area contributed by atoms with Crippen molar-refractivity contribution in [2.24, 2.45) is 5.73 Å². The van der Waals surface area contributed by atoms with Gasteiger partial charge in [0.25, 0.3) is 0 Å². The molecular weight excluding hydrogens is 178 g/mol. The fourth-order valence-corrected chi connectivity index (χ4v) is 1.43. The van der Waals surface area contributed by atoms with Crippen molar-refractivity contribution >= 4 is 5.97 Å². The van der Waals surface area contributed by atoms with Crippen molar-refractivity contribution < 1.29 is 9.53 Å². The Labute approximate surface area is 83.9 Å². The minimum absolute atomic E-state index is 0.0123. The number of hydrogen-bond acceptors (Lipinski definition) is 3. The first-order valence-electron chi connectivity index (χ1n) is 4.50. The van der Waals surface area contributed by atoms with Gasteiger partial charge in [0.15, 0.2) is 0 Å². The number of nitrogens with two attached hydrogens (primary N) is 1. The van der Waals surface area contributed by atoms with Gasteiger partial charge in [-0.3, -0.25) is 0 Å². The molecule has 0 amide bonds. The van der Waals surface area contributed by atoms with Crippen molar-refractivity contribution in [3.05, 3.63) is 34.9 Å². The molecule has 14 heavy (non-hydrogen) atoms. The molecule has 76 valence electrons. The summed E-state index contributed by atoms with van der Waals surface area (Å²) in [6.45, 7) is 3.85. The molecule has 0 heterocycles. The van der Waals surface area contributed by atoms with Gasteiger partial charge in [0.2, 0.25) is 0 Å². The molecule has 1 aromatic carbocycles. The lowest BCUT2D eigenvalue weighted by Crippen LogP contribution is -2.08. The van der Waals surface area contributed by atoms with Gasteiger partial charge in [-0.1, -0.05) is 6.07 Å². The number of hydrogen-bond donors (Lipinski definition) is 1. The predicted octanol–water partition coefficient (Wildman–Crippen LogP) is 1.80. The highest BCUT2D eigenvalue weighted by Crippen LogP contribution is 2.17. The van der Waals surface area contributed by atoms with E-state index in [-0.39, 0.29) is 12.0 Å². The number of aryl methyl sites for hydroxylation is 1. The van der Waals surface area contributed by atoms with Crippen molar-refractivity contribution in [1.29, 1.82) is 0 Å². The van der Waals surface area contributed by atoms with Crippen molar-refractivity contribution in [2.45, 2.75) is 19.9 Å². The van der Waals surface area contributed by atoms with E-state index in [0.717, 1.165) is 11.1 Å². The summed E-state index contributed by atoms with van der Waals surface area (Å²) in [4.78, 5) is 11.2. The molecule has 0 aliphatic carbocycles. The Morgan fingerprint density at radius 3 is 2.57 bits per heavy atom. The summed E-state index contributed by atoms with van der Waals surface area (Å²) in [5.41, 5.74) is 8.39. The second-order valence-corrected chi connectivity index (χ2v) is 3.35. The lowest BCUT2D eigenvalue weighted by molar-refractivity contribution is 0.0600. The number of carbonyl (C=O) groups is 1. The molecule has 1 rings (SSSR count). The lowest BCUT2D eigenvalue weighted by atomic mass is 10.0. The van der Waals surface area contributed by atoms with E-state index >= 15 is 0 Å². The second kappa shape index (κ2) is 4.24. The maximum absolute atomic E-state index is 11.2. The Balaban J connectivity index is 3.06. The van der Waals surface area contributed by atoms with Crippen LogP contribution < -0.4 is 5.73 Å². The van der Waals surface area contributed by atoms with Crippen LogP contribution in [-0.4, -0.2) is 13.1 Å². The minimum atomic E-state index is -0.315. The van der Waals surface area contributed by atoms with E-state index in [4.69, 9.17) is 5.73 Å². The fraction of sp³-hybridized carbons (Fsp3) is 0.364. The van der Waals surface area contributed by atoms with Crippen LogP contribution in [0.1, 0.15) is 34.5 Å². The van der Waals surface area contributed by atoms with E-state index in [0.29, 0.717) is 5.56 Å². The molecule has 0 fully saturated rings. The topological polar surface area (TPSA) is 52.3 Å². The number of ether oxygens (including phenoxy) is 1. The Morgan fingerprint density at radius 1 is 1.50 bits per heavy atom. The molecule has 0 unspecified atom stereocenters. The summed E-state index contributed by atoms with van der Waals surface area (Å²) in [5, 5.41) is 0. The molecular formula is C11H15NO2. The van der Waals surface area contributed by atoms with Crippen LogP contribution in [0.25, 0.3) is 0 Å². The van der Waals surface area contributed by atoms with Crippen LogP contribution in [-0.2, 0) is 4.74 Å². The number of rotatable bonds is 2. The van der Waals surface area contributed by atoms with Gasteiger partial charge in [0, 0.05) is 6.04 Å². The average Bonchev–Trinajstić information content (AvgIpc) is 2.15. The standard InChI is InChI=1S/C11H15NO2/c1-7-6-9(11(13)14-3)4-5-10(7)8(2)12/h4-6,8H,12H2,1-3H3/t8-/m1/s1. The Hall–Kier alpha value is -1.35. The van der Waals surface area contributed by atoms with E-state index in [1.54, 1.807) is 12.1 Å². The molecule has 0 aliphatic heterocycles. The molecule has 0 aliphatic rings. The molecule has 1 aromatic rings. The van der Waals surface area contributed by atoms with Gasteiger partial charge in [0.05, 0.1) is 12.7 Å². The van der Waals surface area contributed by atoms with Crippen LogP contribution in [0.15, 0.2) is 18.2 Å². The molecule has 3 nitrogen and oxygen atoms in total. The quantitative estimate of drug-likeness (QED) is 0.729. The fourth-order valence-electron chi connectivity index (χ4n) is 1.43. The zero-order valence-electron chi connectivity index (χ0n) is 8.70. The molecule has 1 atom stereocenters. The molecule has 0 spiro atoms. The Kier molecular flexibility index (Phi) is 3.25. The molecule has 2 N–H and O–H groups in total. The van der Waals surface area contributed by atoms with Crippen molar-refractivity contribution in [3.8, 4) is 0 Å². The van der Waals surface area contributed by atoms with Crippen LogP contribution in [0, 0.1) is 6.92 Å². The van der Waals surface area contributed by atoms with Gasteiger partial charge in [-0.15, -0.1) is 0 Å². The van der Waals surface area contributed by atoms with Gasteiger partial charge in [0.1, 0.15) is 0 Å². The summed E-state index contributed by atoms with van der Waals surface area (Å²) < 4.78 is 4.62. The molecule has 3 heteroatoms. The summed E-state index contributed by atoms with van der Waals surface area (Å²) in [7, 11) is 1.37. The maximum atomic E-state index is 11.2. The first kappa shape index (κ1) is 10.7. The van der Waals surface area contributed by atoms with Crippen molar-refractivity contribution in [1.82, 2.24) is 0 Å². The van der Waals surface area contributed by atoms with Gasteiger partial charge < -0.3 is 10.5 Å². The summed E-state index contributed by atoms with van der Waals surface area (Å²) in [5.74, 6) is -0.315. The maximum Gasteiger partial charge on any atom is 0.337 e. The van der Waals surface area contributed by atoms with Crippen LogP contribution >= 0.6 is 0 Å². The minimum Gasteiger partial charge on any atom is -0.465 e. The SMILES string of the molecule is COC(=O)c1ccc([C@@H](C)N)c(C)c1. The van der Waals surface area contributed by atoms with Crippen molar-refractivity contribution in [2.75, 3.05) is 7.11 Å². The lowest BCUT2D eigenvalue weighted by Gasteiger charge is -2.10. The van der Waals surface area contributed by atoms with Gasteiger partial charge >= 0.3 is 5.97 Å². The van der Waals surface area contributed by atoms with Crippen molar-refractivity contribution in [3.63, 3.8) is 0 Å². The first-order valence-corrected chi connectivity index (χ1v) is 4.50. The second-order valence-electron chi connectivity index (χ2n) is 3.35. The van der Waals surface area contributed by atoms with Crippen LogP contribution in [0.4, 0.5) is 0 Å². The number of methoxy groups -OCH3 is 1. The third-order valence-electron chi connectivity index (χ3n) is 2.18. The molecule has 0 saturated heterocycles. The van der Waals surface area contributed by atoms with E-state index < -0.39 is 0 Å². The van der Waals surface area contributed by atoms with Crippen LogP contribution in [0.2, 0.25) is 0 Å². The van der Waals surface area contributed by atoms with E-state index in [9.17, 15) is 4.79 Å². The summed E-state index contributed by atoms with van der Waals surface area (Å²) in [6.07, 6.45) is 0.